The molecule has 0 radical (unpaired) electrons. The third-order valence-electron chi connectivity index (χ3n) is 3.43. The highest BCUT2D eigenvalue weighted by molar-refractivity contribution is 7.90. The second kappa shape index (κ2) is 5.20. The maximum absolute atomic E-state index is 13.9. The molecule has 3 rings (SSSR count). The normalized spacial score (nSPS) is 15.0. The Morgan fingerprint density at radius 2 is 2.09 bits per heavy atom. The van der Waals surface area contributed by atoms with Crippen molar-refractivity contribution in [3.8, 4) is 11.3 Å². The van der Waals surface area contributed by atoms with Gasteiger partial charge in [0.15, 0.2) is 0 Å². The Bertz CT molecular complexity index is 840. The van der Waals surface area contributed by atoms with Crippen molar-refractivity contribution in [3.05, 3.63) is 41.8 Å². The van der Waals surface area contributed by atoms with E-state index in [-0.39, 0.29) is 17.7 Å². The summed E-state index contributed by atoms with van der Waals surface area (Å²) in [6, 6.07) is 5.32. The van der Waals surface area contributed by atoms with Gasteiger partial charge in [-0.1, -0.05) is 6.07 Å². The number of carboxylic acid groups (broad SMARTS) is 1. The lowest BCUT2D eigenvalue weighted by Gasteiger charge is -2.04. The van der Waals surface area contributed by atoms with E-state index < -0.39 is 27.1 Å². The zero-order valence-corrected chi connectivity index (χ0v) is 12.3. The number of benzene rings is 1. The van der Waals surface area contributed by atoms with Crippen molar-refractivity contribution in [1.82, 2.24) is 9.19 Å². The van der Waals surface area contributed by atoms with E-state index in [0.717, 1.165) is 10.2 Å². The SMILES string of the molecule is O=C(O)Cc1ccc(F)c(-c2ccn(S(=O)(=O)C3CC3)n2)c1. The highest BCUT2D eigenvalue weighted by Crippen LogP contribution is 2.30. The van der Waals surface area contributed by atoms with Crippen LogP contribution in [0.25, 0.3) is 11.3 Å². The summed E-state index contributed by atoms with van der Waals surface area (Å²) in [4.78, 5) is 10.7. The third kappa shape index (κ3) is 2.74. The van der Waals surface area contributed by atoms with Crippen molar-refractivity contribution in [2.75, 3.05) is 0 Å². The van der Waals surface area contributed by atoms with Crippen LogP contribution in [0.3, 0.4) is 0 Å². The molecule has 0 saturated heterocycles. The van der Waals surface area contributed by atoms with Crippen LogP contribution in [-0.4, -0.2) is 33.9 Å². The fourth-order valence-corrected chi connectivity index (χ4v) is 3.63. The Morgan fingerprint density at radius 3 is 2.73 bits per heavy atom. The van der Waals surface area contributed by atoms with Gasteiger partial charge in [0, 0.05) is 11.8 Å². The van der Waals surface area contributed by atoms with Gasteiger partial charge >= 0.3 is 5.97 Å². The molecular weight excluding hydrogens is 311 g/mol. The van der Waals surface area contributed by atoms with Crippen molar-refractivity contribution in [2.45, 2.75) is 24.5 Å². The van der Waals surface area contributed by atoms with E-state index in [1.807, 2.05) is 0 Å². The Labute approximate surface area is 126 Å². The van der Waals surface area contributed by atoms with E-state index in [1.54, 1.807) is 0 Å². The van der Waals surface area contributed by atoms with Gasteiger partial charge in [0.05, 0.1) is 17.4 Å². The van der Waals surface area contributed by atoms with Gasteiger partial charge in [-0.2, -0.15) is 9.19 Å². The Kier molecular flexibility index (Phi) is 3.48. The molecule has 1 aliphatic rings. The van der Waals surface area contributed by atoms with Crippen molar-refractivity contribution >= 4 is 16.0 Å². The smallest absolute Gasteiger partial charge is 0.307 e. The molecule has 0 bridgehead atoms. The molecule has 1 aliphatic carbocycles. The van der Waals surface area contributed by atoms with E-state index >= 15 is 0 Å². The first-order chi connectivity index (χ1) is 10.4. The molecule has 1 fully saturated rings. The van der Waals surface area contributed by atoms with Gasteiger partial charge in [-0.25, -0.2) is 12.8 Å². The minimum Gasteiger partial charge on any atom is -0.481 e. The van der Waals surface area contributed by atoms with Crippen LogP contribution in [0.15, 0.2) is 30.5 Å². The molecule has 2 aromatic rings. The largest absolute Gasteiger partial charge is 0.481 e. The molecule has 0 aliphatic heterocycles. The van der Waals surface area contributed by atoms with E-state index in [0.29, 0.717) is 18.4 Å². The van der Waals surface area contributed by atoms with Gasteiger partial charge in [-0.3, -0.25) is 4.79 Å². The van der Waals surface area contributed by atoms with Gasteiger partial charge in [-0.05, 0) is 36.6 Å². The zero-order chi connectivity index (χ0) is 15.9. The van der Waals surface area contributed by atoms with Crippen molar-refractivity contribution < 1.29 is 22.7 Å². The number of hydrogen-bond acceptors (Lipinski definition) is 4. The number of halogens is 1. The Hall–Kier alpha value is -2.22. The predicted molar refractivity (Wildman–Crippen MR) is 76.3 cm³/mol. The molecule has 1 saturated carbocycles. The number of nitrogens with zero attached hydrogens (tertiary/aromatic N) is 2. The van der Waals surface area contributed by atoms with Gasteiger partial charge in [0.2, 0.25) is 0 Å². The lowest BCUT2D eigenvalue weighted by Crippen LogP contribution is -2.17. The predicted octanol–water partition coefficient (Wildman–Crippen LogP) is 1.66. The molecule has 0 atom stereocenters. The summed E-state index contributed by atoms with van der Waals surface area (Å²) in [7, 11) is -3.51. The highest BCUT2D eigenvalue weighted by atomic mass is 32.2. The van der Waals surface area contributed by atoms with Crippen LogP contribution in [0.5, 0.6) is 0 Å². The van der Waals surface area contributed by atoms with Crippen LogP contribution in [0.2, 0.25) is 0 Å². The van der Waals surface area contributed by atoms with E-state index in [9.17, 15) is 17.6 Å². The number of aromatic nitrogens is 2. The Morgan fingerprint density at radius 1 is 1.36 bits per heavy atom. The minimum absolute atomic E-state index is 0.0866. The van der Waals surface area contributed by atoms with E-state index in [4.69, 9.17) is 5.11 Å². The molecule has 0 spiro atoms. The summed E-state index contributed by atoms with van der Waals surface area (Å²) in [5.74, 6) is -1.61. The molecule has 22 heavy (non-hydrogen) atoms. The standard InChI is InChI=1S/C14H13FN2O4S/c15-12-4-1-9(8-14(18)19)7-11(12)13-5-6-17(16-13)22(20,21)10-2-3-10/h1,4-7,10H,2-3,8H2,(H,18,19). The lowest BCUT2D eigenvalue weighted by atomic mass is 10.1. The topological polar surface area (TPSA) is 89.3 Å². The first-order valence-corrected chi connectivity index (χ1v) is 8.19. The quantitative estimate of drug-likeness (QED) is 0.903. The molecule has 1 aromatic heterocycles. The third-order valence-corrected chi connectivity index (χ3v) is 5.47. The fraction of sp³-hybridized carbons (Fsp3) is 0.286. The van der Waals surface area contributed by atoms with Crippen molar-refractivity contribution in [1.29, 1.82) is 0 Å². The monoisotopic (exact) mass is 324 g/mol. The van der Waals surface area contributed by atoms with Crippen LogP contribution in [0.4, 0.5) is 4.39 Å². The van der Waals surface area contributed by atoms with Crippen molar-refractivity contribution in [2.24, 2.45) is 0 Å². The van der Waals surface area contributed by atoms with Crippen LogP contribution in [0, 0.1) is 5.82 Å². The van der Waals surface area contributed by atoms with Crippen molar-refractivity contribution in [3.63, 3.8) is 0 Å². The van der Waals surface area contributed by atoms with Gasteiger partial charge < -0.3 is 5.11 Å². The summed E-state index contributed by atoms with van der Waals surface area (Å²) in [6.45, 7) is 0. The summed E-state index contributed by atoms with van der Waals surface area (Å²) in [6.07, 6.45) is 2.26. The molecule has 0 unspecified atom stereocenters. The van der Waals surface area contributed by atoms with Crippen LogP contribution in [0.1, 0.15) is 18.4 Å². The minimum atomic E-state index is -3.51. The summed E-state index contributed by atoms with van der Waals surface area (Å²) >= 11 is 0. The number of hydrogen-bond donors (Lipinski definition) is 1. The molecule has 1 aromatic carbocycles. The van der Waals surface area contributed by atoms with E-state index in [1.165, 1.54) is 24.4 Å². The number of carboxylic acids is 1. The number of rotatable bonds is 5. The summed E-state index contributed by atoms with van der Waals surface area (Å²) in [5.41, 5.74) is 0.668. The lowest BCUT2D eigenvalue weighted by molar-refractivity contribution is -0.136. The summed E-state index contributed by atoms with van der Waals surface area (Å²) in [5, 5.41) is 12.3. The average molecular weight is 324 g/mol. The number of carbonyl (C=O) groups is 1. The van der Waals surface area contributed by atoms with Crippen LogP contribution in [-0.2, 0) is 21.2 Å². The molecular formula is C14H13FN2O4S. The Balaban J connectivity index is 1.97. The van der Waals surface area contributed by atoms with E-state index in [2.05, 4.69) is 5.10 Å². The summed E-state index contributed by atoms with van der Waals surface area (Å²) < 4.78 is 38.9. The molecule has 8 heteroatoms. The maximum atomic E-state index is 13.9. The van der Waals surface area contributed by atoms with Gasteiger partial charge in [0.25, 0.3) is 10.0 Å². The first kappa shape index (κ1) is 14.7. The fourth-order valence-electron chi connectivity index (χ4n) is 2.16. The van der Waals surface area contributed by atoms with Gasteiger partial charge in [-0.15, -0.1) is 0 Å². The number of aliphatic carboxylic acids is 1. The molecule has 116 valence electrons. The molecule has 1 N–H and O–H groups in total. The maximum Gasteiger partial charge on any atom is 0.307 e. The van der Waals surface area contributed by atoms with Crippen LogP contribution >= 0.6 is 0 Å². The zero-order valence-electron chi connectivity index (χ0n) is 11.4. The molecule has 6 nitrogen and oxygen atoms in total. The molecule has 0 amide bonds. The second-order valence-electron chi connectivity index (χ2n) is 5.20. The van der Waals surface area contributed by atoms with Crippen LogP contribution < -0.4 is 0 Å². The van der Waals surface area contributed by atoms with Gasteiger partial charge in [0.1, 0.15) is 5.82 Å². The first-order valence-electron chi connectivity index (χ1n) is 6.68. The highest BCUT2D eigenvalue weighted by Gasteiger charge is 2.37. The second-order valence-corrected chi connectivity index (χ2v) is 7.27. The average Bonchev–Trinajstić information content (AvgIpc) is 3.19. The molecule has 1 heterocycles.